The lowest BCUT2D eigenvalue weighted by Gasteiger charge is -2.06. The summed E-state index contributed by atoms with van der Waals surface area (Å²) in [7, 11) is 1.33. The summed E-state index contributed by atoms with van der Waals surface area (Å²) in [6.07, 6.45) is 0. The van der Waals surface area contributed by atoms with Gasteiger partial charge in [0.2, 0.25) is 0 Å². The molecule has 0 saturated carbocycles. The van der Waals surface area contributed by atoms with Crippen LogP contribution in [0.5, 0.6) is 0 Å². The van der Waals surface area contributed by atoms with E-state index in [0.29, 0.717) is 16.9 Å². The van der Waals surface area contributed by atoms with Crippen LogP contribution < -0.4 is 11.5 Å². The number of carbonyl (C=O) groups excluding carboxylic acids is 1. The lowest BCUT2D eigenvalue weighted by atomic mass is 10.1. The zero-order chi connectivity index (χ0) is 19.3. The number of methoxy groups -OCH3 is 1. The summed E-state index contributed by atoms with van der Waals surface area (Å²) >= 11 is 6.48. The van der Waals surface area contributed by atoms with Gasteiger partial charge in [0.1, 0.15) is 0 Å². The first-order chi connectivity index (χ1) is 11.6. The number of esters is 1. The molecule has 25 heavy (non-hydrogen) atoms. The maximum Gasteiger partial charge on any atom is 0.340 e. The van der Waals surface area contributed by atoms with Gasteiger partial charge in [0.15, 0.2) is 0 Å². The summed E-state index contributed by atoms with van der Waals surface area (Å²) in [5.74, 6) is -1.42. The lowest BCUT2D eigenvalue weighted by molar-refractivity contribution is 0.0601. The highest BCUT2D eigenvalue weighted by Gasteiger charge is 2.12. The van der Waals surface area contributed by atoms with Crippen molar-refractivity contribution in [3.63, 3.8) is 0 Å². The Morgan fingerprint density at radius 3 is 1.72 bits per heavy atom. The van der Waals surface area contributed by atoms with Gasteiger partial charge >= 0.3 is 11.9 Å². The number of carbonyl (C=O) groups is 2. The van der Waals surface area contributed by atoms with Gasteiger partial charge in [-0.3, -0.25) is 0 Å². The fraction of sp³-hybridized carbons (Fsp3) is 0.176. The van der Waals surface area contributed by atoms with Gasteiger partial charge in [-0.2, -0.15) is 0 Å². The van der Waals surface area contributed by atoms with E-state index in [9.17, 15) is 9.59 Å². The Balaban J connectivity index is 0.000000251. The molecule has 0 radical (unpaired) electrons. The Morgan fingerprint density at radius 1 is 0.920 bits per heavy atom. The van der Waals surface area contributed by atoms with E-state index in [1.165, 1.54) is 13.2 Å². The molecule has 0 bridgehead atoms. The molecule has 0 spiro atoms. The molecule has 134 valence electrons. The number of ether oxygens (including phenoxy) is 1. The van der Waals surface area contributed by atoms with Crippen molar-refractivity contribution in [2.24, 2.45) is 0 Å². The fourth-order valence-electron chi connectivity index (χ4n) is 1.96. The average Bonchev–Trinajstić information content (AvgIpc) is 2.53. The smallest absolute Gasteiger partial charge is 0.340 e. The number of halogens is 2. The van der Waals surface area contributed by atoms with E-state index in [4.69, 9.17) is 16.6 Å². The first-order valence-corrected chi connectivity index (χ1v) is 8.59. The van der Waals surface area contributed by atoms with Crippen LogP contribution in [-0.2, 0) is 4.74 Å². The highest BCUT2D eigenvalue weighted by molar-refractivity contribution is 9.10. The molecule has 0 aliphatic carbocycles. The summed E-state index contributed by atoms with van der Waals surface area (Å²) in [4.78, 5) is 21.8. The van der Waals surface area contributed by atoms with Gasteiger partial charge in [-0.1, -0.05) is 31.9 Å². The monoisotopic (exact) mass is 472 g/mol. The summed E-state index contributed by atoms with van der Waals surface area (Å²) in [6.45, 7) is 3.61. The summed E-state index contributed by atoms with van der Waals surface area (Å²) in [6, 6.07) is 6.77. The van der Waals surface area contributed by atoms with Crippen LogP contribution >= 0.6 is 31.9 Å². The molecule has 8 heteroatoms. The topological polar surface area (TPSA) is 116 Å². The third-order valence-corrected chi connectivity index (χ3v) is 4.25. The Morgan fingerprint density at radius 2 is 1.32 bits per heavy atom. The number of anilines is 2. The minimum atomic E-state index is -1.00. The van der Waals surface area contributed by atoms with Crippen molar-refractivity contribution < 1.29 is 19.4 Å². The Hall–Kier alpha value is -2.06. The Labute approximate surface area is 162 Å². The highest BCUT2D eigenvalue weighted by Crippen LogP contribution is 2.24. The lowest BCUT2D eigenvalue weighted by Crippen LogP contribution is -2.06. The predicted molar refractivity (Wildman–Crippen MR) is 105 cm³/mol. The molecule has 0 amide bonds. The SMILES string of the molecule is COC(=O)c1cc(Br)cc(C)c1N.Cc1cc(Br)cc(C(=O)O)c1N. The number of rotatable bonds is 2. The van der Waals surface area contributed by atoms with Crippen molar-refractivity contribution in [2.45, 2.75) is 13.8 Å². The molecule has 2 rings (SSSR count). The maximum atomic E-state index is 11.2. The van der Waals surface area contributed by atoms with Crippen LogP contribution in [0.3, 0.4) is 0 Å². The van der Waals surface area contributed by atoms with E-state index >= 15 is 0 Å². The molecule has 5 N–H and O–H groups in total. The average molecular weight is 474 g/mol. The van der Waals surface area contributed by atoms with Gasteiger partial charge in [-0.05, 0) is 49.2 Å². The molecule has 0 aliphatic heterocycles. The van der Waals surface area contributed by atoms with E-state index in [2.05, 4.69) is 36.6 Å². The van der Waals surface area contributed by atoms with E-state index in [-0.39, 0.29) is 5.56 Å². The minimum absolute atomic E-state index is 0.141. The minimum Gasteiger partial charge on any atom is -0.478 e. The number of hydrogen-bond donors (Lipinski definition) is 3. The van der Waals surface area contributed by atoms with Crippen LogP contribution in [0.2, 0.25) is 0 Å². The molecule has 0 heterocycles. The number of hydrogen-bond acceptors (Lipinski definition) is 5. The van der Waals surface area contributed by atoms with Crippen LogP contribution in [-0.4, -0.2) is 24.2 Å². The Kier molecular flexibility index (Phi) is 7.44. The molecule has 0 unspecified atom stereocenters. The van der Waals surface area contributed by atoms with Crippen LogP contribution in [0.25, 0.3) is 0 Å². The van der Waals surface area contributed by atoms with Gasteiger partial charge in [-0.15, -0.1) is 0 Å². The zero-order valence-electron chi connectivity index (χ0n) is 13.9. The first-order valence-electron chi connectivity index (χ1n) is 7.01. The highest BCUT2D eigenvalue weighted by atomic mass is 79.9. The van der Waals surface area contributed by atoms with E-state index in [1.54, 1.807) is 19.1 Å². The second-order valence-corrected chi connectivity index (χ2v) is 7.00. The molecule has 0 aliphatic rings. The number of aryl methyl sites for hydroxylation is 2. The van der Waals surface area contributed by atoms with Gasteiger partial charge < -0.3 is 21.3 Å². The van der Waals surface area contributed by atoms with E-state index < -0.39 is 11.9 Å². The van der Waals surface area contributed by atoms with Crippen molar-refractivity contribution >= 4 is 55.2 Å². The van der Waals surface area contributed by atoms with Crippen LogP contribution in [0.1, 0.15) is 31.8 Å². The molecule has 0 atom stereocenters. The van der Waals surface area contributed by atoms with Gasteiger partial charge in [0, 0.05) is 20.3 Å². The standard InChI is InChI=1S/C9H10BrNO2.C8H8BrNO2/c1-5-3-6(10)4-7(8(5)11)9(12)13-2;1-4-2-5(9)3-6(7(4)10)8(11)12/h3-4H,11H2,1-2H3;2-3H,10H2,1H3,(H,11,12). The molecule has 2 aromatic carbocycles. The number of carboxylic acids is 1. The number of nitrogens with two attached hydrogens (primary N) is 2. The third kappa shape index (κ3) is 5.47. The number of nitrogen functional groups attached to an aromatic ring is 2. The number of benzene rings is 2. The molecular formula is C17H18Br2N2O4. The Bertz CT molecular complexity index is 823. The third-order valence-electron chi connectivity index (χ3n) is 3.34. The predicted octanol–water partition coefficient (Wildman–Crippen LogP) is 4.16. The normalized spacial score (nSPS) is 9.80. The number of carboxylic acid groups (broad SMARTS) is 1. The second kappa shape index (κ2) is 8.87. The van der Waals surface area contributed by atoms with Crippen molar-refractivity contribution in [1.82, 2.24) is 0 Å². The maximum absolute atomic E-state index is 11.2. The molecule has 0 fully saturated rings. The van der Waals surface area contributed by atoms with Gasteiger partial charge in [0.05, 0.1) is 18.2 Å². The summed E-state index contributed by atoms with van der Waals surface area (Å²) in [5.41, 5.74) is 14.2. The van der Waals surface area contributed by atoms with Crippen LogP contribution in [0, 0.1) is 13.8 Å². The molecule has 6 nitrogen and oxygen atoms in total. The number of aromatic carboxylic acids is 1. The zero-order valence-corrected chi connectivity index (χ0v) is 17.1. The molecule has 0 aromatic heterocycles. The molecule has 0 saturated heterocycles. The second-order valence-electron chi connectivity index (χ2n) is 5.16. The quantitative estimate of drug-likeness (QED) is 0.445. The van der Waals surface area contributed by atoms with Crippen LogP contribution in [0.15, 0.2) is 33.2 Å². The van der Waals surface area contributed by atoms with E-state index in [1.807, 2.05) is 13.0 Å². The van der Waals surface area contributed by atoms with Crippen molar-refractivity contribution in [3.8, 4) is 0 Å². The van der Waals surface area contributed by atoms with E-state index in [0.717, 1.165) is 20.1 Å². The van der Waals surface area contributed by atoms with Gasteiger partial charge in [0.25, 0.3) is 0 Å². The summed E-state index contributed by atoms with van der Waals surface area (Å²) in [5, 5.41) is 8.71. The van der Waals surface area contributed by atoms with Crippen molar-refractivity contribution in [1.29, 1.82) is 0 Å². The molecule has 2 aromatic rings. The van der Waals surface area contributed by atoms with Crippen molar-refractivity contribution in [2.75, 3.05) is 18.6 Å². The van der Waals surface area contributed by atoms with Crippen LogP contribution in [0.4, 0.5) is 11.4 Å². The largest absolute Gasteiger partial charge is 0.478 e. The van der Waals surface area contributed by atoms with Crippen molar-refractivity contribution in [3.05, 3.63) is 55.5 Å². The van der Waals surface area contributed by atoms with Gasteiger partial charge in [-0.25, -0.2) is 9.59 Å². The summed E-state index contributed by atoms with van der Waals surface area (Å²) < 4.78 is 6.13. The molecular weight excluding hydrogens is 456 g/mol. The first kappa shape index (κ1) is 21.0. The fourth-order valence-corrected chi connectivity index (χ4v) is 3.11.